The fourth-order valence-corrected chi connectivity index (χ4v) is 3.52. The highest BCUT2D eigenvalue weighted by atomic mass is 35.5. The summed E-state index contributed by atoms with van der Waals surface area (Å²) in [5.74, 6) is 0.353. The third-order valence-electron chi connectivity index (χ3n) is 4.33. The maximum absolute atomic E-state index is 12.6. The lowest BCUT2D eigenvalue weighted by atomic mass is 10.1. The molecule has 1 N–H and O–H groups in total. The Hall–Kier alpha value is -3.17. The van der Waals surface area contributed by atoms with Crippen LogP contribution in [0.4, 0.5) is 5.69 Å². The predicted molar refractivity (Wildman–Crippen MR) is 127 cm³/mol. The predicted octanol–water partition coefficient (Wildman–Crippen LogP) is 6.78. The zero-order chi connectivity index (χ0) is 23.1. The average Bonchev–Trinajstić information content (AvgIpc) is 2.76. The van der Waals surface area contributed by atoms with Gasteiger partial charge in [0.25, 0.3) is 5.91 Å². The molecular weight excluding hydrogens is 471 g/mol. The van der Waals surface area contributed by atoms with E-state index >= 15 is 0 Å². The Morgan fingerprint density at radius 1 is 1.03 bits per heavy atom. The number of rotatable bonds is 7. The van der Waals surface area contributed by atoms with E-state index in [1.807, 2.05) is 24.3 Å². The maximum atomic E-state index is 12.6. The van der Waals surface area contributed by atoms with Gasteiger partial charge in [-0.3, -0.25) is 4.79 Å². The summed E-state index contributed by atoms with van der Waals surface area (Å²) in [6.45, 7) is 0.227. The van der Waals surface area contributed by atoms with Crippen molar-refractivity contribution in [3.63, 3.8) is 0 Å². The van der Waals surface area contributed by atoms with Crippen molar-refractivity contribution < 1.29 is 14.3 Å². The summed E-state index contributed by atoms with van der Waals surface area (Å²) < 4.78 is 11.2. The number of carbonyl (C=O) groups excluding carboxylic acids is 1. The second-order valence-electron chi connectivity index (χ2n) is 6.57. The van der Waals surface area contributed by atoms with Crippen LogP contribution in [-0.4, -0.2) is 13.0 Å². The number of ether oxygens (including phenoxy) is 2. The first-order valence-corrected chi connectivity index (χ1v) is 10.5. The Labute approximate surface area is 200 Å². The molecule has 0 spiro atoms. The molecule has 162 valence electrons. The highest BCUT2D eigenvalue weighted by molar-refractivity contribution is 6.35. The summed E-state index contributed by atoms with van der Waals surface area (Å²) in [4.78, 5) is 12.6. The van der Waals surface area contributed by atoms with Gasteiger partial charge < -0.3 is 14.8 Å². The highest BCUT2D eigenvalue weighted by Crippen LogP contribution is 2.30. The molecule has 3 rings (SSSR count). The molecule has 0 fully saturated rings. The molecule has 1 amide bonds. The van der Waals surface area contributed by atoms with E-state index in [1.54, 1.807) is 30.3 Å². The maximum Gasteiger partial charge on any atom is 0.266 e. The Morgan fingerprint density at radius 2 is 1.75 bits per heavy atom. The van der Waals surface area contributed by atoms with Gasteiger partial charge in [-0.25, -0.2) is 0 Å². The molecule has 3 aromatic rings. The number of halogens is 3. The minimum atomic E-state index is -0.597. The number of amides is 1. The van der Waals surface area contributed by atoms with Crippen molar-refractivity contribution in [2.45, 2.75) is 6.61 Å². The molecule has 0 saturated heterocycles. The lowest BCUT2D eigenvalue weighted by Crippen LogP contribution is -2.13. The quantitative estimate of drug-likeness (QED) is 0.294. The van der Waals surface area contributed by atoms with Crippen LogP contribution in [0.1, 0.15) is 11.1 Å². The fraction of sp³-hybridized carbons (Fsp3) is 0.0833. The van der Waals surface area contributed by atoms with Crippen molar-refractivity contribution in [2.24, 2.45) is 0 Å². The average molecular weight is 488 g/mol. The molecule has 0 aliphatic rings. The van der Waals surface area contributed by atoms with Crippen LogP contribution in [0.5, 0.6) is 11.5 Å². The van der Waals surface area contributed by atoms with Gasteiger partial charge >= 0.3 is 0 Å². The molecular formula is C24H17Cl3N2O3. The van der Waals surface area contributed by atoms with Crippen molar-refractivity contribution in [1.82, 2.24) is 0 Å². The van der Waals surface area contributed by atoms with Crippen LogP contribution in [0.25, 0.3) is 6.08 Å². The first-order chi connectivity index (χ1) is 15.4. The van der Waals surface area contributed by atoms with Crippen molar-refractivity contribution >= 4 is 52.5 Å². The molecule has 3 aromatic carbocycles. The van der Waals surface area contributed by atoms with Crippen molar-refractivity contribution in [1.29, 1.82) is 5.26 Å². The number of hydrogen-bond donors (Lipinski definition) is 1. The van der Waals surface area contributed by atoms with E-state index in [2.05, 4.69) is 5.32 Å². The van der Waals surface area contributed by atoms with Gasteiger partial charge in [-0.15, -0.1) is 0 Å². The zero-order valence-corrected chi connectivity index (χ0v) is 19.1. The molecule has 0 aromatic heterocycles. The van der Waals surface area contributed by atoms with Gasteiger partial charge in [-0.2, -0.15) is 5.26 Å². The van der Waals surface area contributed by atoms with Crippen LogP contribution in [0.15, 0.2) is 66.2 Å². The number of carbonyl (C=O) groups is 1. The number of hydrogen-bond acceptors (Lipinski definition) is 4. The number of nitrogens with one attached hydrogen (secondary N) is 1. The standard InChI is InChI=1S/C24H17Cl3N2O3/c1-31-22-7-6-15(9-23(22)32-14-16-4-2-3-5-21(16)27)8-17(13-28)24(30)29-20-11-18(25)10-19(26)12-20/h2-12H,14H2,1H3,(H,29,30)/b17-8-. The van der Waals surface area contributed by atoms with Gasteiger partial charge in [-0.05, 0) is 48.0 Å². The third kappa shape index (κ3) is 6.18. The van der Waals surface area contributed by atoms with Crippen molar-refractivity contribution in [3.05, 3.63) is 92.4 Å². The minimum Gasteiger partial charge on any atom is -0.493 e. The lowest BCUT2D eigenvalue weighted by molar-refractivity contribution is -0.112. The topological polar surface area (TPSA) is 71.3 Å². The highest BCUT2D eigenvalue weighted by Gasteiger charge is 2.12. The van der Waals surface area contributed by atoms with E-state index in [0.717, 1.165) is 5.56 Å². The van der Waals surface area contributed by atoms with Gasteiger partial charge in [0.05, 0.1) is 7.11 Å². The van der Waals surface area contributed by atoms with Crippen LogP contribution in [-0.2, 0) is 11.4 Å². The summed E-state index contributed by atoms with van der Waals surface area (Å²) in [5, 5.41) is 13.4. The summed E-state index contributed by atoms with van der Waals surface area (Å²) in [6.07, 6.45) is 1.45. The molecule has 0 aliphatic heterocycles. The van der Waals surface area contributed by atoms with Gasteiger partial charge in [0.2, 0.25) is 0 Å². The van der Waals surface area contributed by atoms with Crippen molar-refractivity contribution in [2.75, 3.05) is 12.4 Å². The van der Waals surface area contributed by atoms with Crippen LogP contribution in [0, 0.1) is 11.3 Å². The summed E-state index contributed by atoms with van der Waals surface area (Å²) in [6, 6.07) is 18.9. The fourth-order valence-electron chi connectivity index (χ4n) is 2.81. The molecule has 0 bridgehead atoms. The van der Waals surface area contributed by atoms with Gasteiger partial charge in [-0.1, -0.05) is 59.1 Å². The molecule has 8 heteroatoms. The summed E-state index contributed by atoms with van der Waals surface area (Å²) in [5.41, 5.74) is 1.67. The van der Waals surface area contributed by atoms with Crippen LogP contribution < -0.4 is 14.8 Å². The minimum absolute atomic E-state index is 0.108. The third-order valence-corrected chi connectivity index (χ3v) is 5.13. The Kier molecular flexibility index (Phi) is 8.02. The molecule has 0 atom stereocenters. The van der Waals surface area contributed by atoms with Gasteiger partial charge in [0.15, 0.2) is 11.5 Å². The number of methoxy groups -OCH3 is 1. The van der Waals surface area contributed by atoms with E-state index in [4.69, 9.17) is 44.3 Å². The number of anilines is 1. The van der Waals surface area contributed by atoms with E-state index in [0.29, 0.717) is 37.8 Å². The second-order valence-corrected chi connectivity index (χ2v) is 7.85. The van der Waals surface area contributed by atoms with E-state index in [9.17, 15) is 10.1 Å². The SMILES string of the molecule is COc1ccc(/C=C(/C#N)C(=O)Nc2cc(Cl)cc(Cl)c2)cc1OCc1ccccc1Cl. The van der Waals surface area contributed by atoms with Crippen molar-refractivity contribution in [3.8, 4) is 17.6 Å². The first-order valence-electron chi connectivity index (χ1n) is 9.33. The van der Waals surface area contributed by atoms with Gasteiger partial charge in [0.1, 0.15) is 18.2 Å². The van der Waals surface area contributed by atoms with Gasteiger partial charge in [0, 0.05) is 26.3 Å². The lowest BCUT2D eigenvalue weighted by Gasteiger charge is -2.12. The van der Waals surface area contributed by atoms with Crippen LogP contribution in [0.2, 0.25) is 15.1 Å². The Balaban J connectivity index is 1.82. The molecule has 5 nitrogen and oxygen atoms in total. The zero-order valence-electron chi connectivity index (χ0n) is 16.9. The number of benzene rings is 3. The monoisotopic (exact) mass is 486 g/mol. The van der Waals surface area contributed by atoms with E-state index in [-0.39, 0.29) is 12.2 Å². The Morgan fingerprint density at radius 3 is 2.41 bits per heavy atom. The molecule has 0 aliphatic carbocycles. The molecule has 0 radical (unpaired) electrons. The largest absolute Gasteiger partial charge is 0.493 e. The van der Waals surface area contributed by atoms with Crippen LogP contribution >= 0.6 is 34.8 Å². The van der Waals surface area contributed by atoms with E-state index in [1.165, 1.54) is 25.3 Å². The summed E-state index contributed by atoms with van der Waals surface area (Å²) in [7, 11) is 1.53. The number of nitrogens with zero attached hydrogens (tertiary/aromatic N) is 1. The molecule has 0 unspecified atom stereocenters. The molecule has 0 saturated carbocycles. The molecule has 0 heterocycles. The Bertz CT molecular complexity index is 1200. The van der Waals surface area contributed by atoms with Crippen LogP contribution in [0.3, 0.4) is 0 Å². The van der Waals surface area contributed by atoms with E-state index < -0.39 is 5.91 Å². The first kappa shape index (κ1) is 23.5. The summed E-state index contributed by atoms with van der Waals surface area (Å²) >= 11 is 18.1. The molecule has 32 heavy (non-hydrogen) atoms. The normalized spacial score (nSPS) is 10.9. The smallest absolute Gasteiger partial charge is 0.266 e. The number of nitriles is 1. The second kappa shape index (κ2) is 10.9.